The Hall–Kier alpha value is -1.56. The Kier molecular flexibility index (Phi) is 4.32. The summed E-state index contributed by atoms with van der Waals surface area (Å²) in [5, 5.41) is 9.72. The molecule has 0 saturated heterocycles. The van der Waals surface area contributed by atoms with Crippen LogP contribution in [0.5, 0.6) is 11.5 Å². The fourth-order valence-corrected chi connectivity index (χ4v) is 2.47. The molecule has 0 aliphatic rings. The molecule has 0 unspecified atom stereocenters. The second-order valence-corrected chi connectivity index (χ2v) is 6.71. The number of ether oxygens (including phenoxy) is 1. The standard InChI is InChI=1S/C14H13ClO4S/c1-20(17,18)13-4-2-3-12(8-13)19-14-7-11(15)6-5-10(14)9-16/h2-8,16H,9H2,1H3. The Balaban J connectivity index is 2.38. The van der Waals surface area contributed by atoms with E-state index >= 15 is 0 Å². The van der Waals surface area contributed by atoms with Gasteiger partial charge in [-0.15, -0.1) is 0 Å². The molecule has 4 nitrogen and oxygen atoms in total. The summed E-state index contributed by atoms with van der Waals surface area (Å²) in [6.45, 7) is -0.196. The summed E-state index contributed by atoms with van der Waals surface area (Å²) in [4.78, 5) is 0.169. The van der Waals surface area contributed by atoms with Crippen molar-refractivity contribution in [2.24, 2.45) is 0 Å². The molecule has 0 aromatic heterocycles. The lowest BCUT2D eigenvalue weighted by molar-refractivity contribution is 0.276. The number of halogens is 1. The maximum absolute atomic E-state index is 11.5. The fraction of sp³-hybridized carbons (Fsp3) is 0.143. The SMILES string of the molecule is CS(=O)(=O)c1cccc(Oc2cc(Cl)ccc2CO)c1. The van der Waals surface area contributed by atoms with E-state index in [4.69, 9.17) is 16.3 Å². The highest BCUT2D eigenvalue weighted by atomic mass is 35.5. The van der Waals surface area contributed by atoms with E-state index in [-0.39, 0.29) is 11.5 Å². The molecule has 0 bridgehead atoms. The van der Waals surface area contributed by atoms with E-state index in [2.05, 4.69) is 0 Å². The number of hydrogen-bond donors (Lipinski definition) is 1. The van der Waals surface area contributed by atoms with Crippen molar-refractivity contribution in [2.45, 2.75) is 11.5 Å². The van der Waals surface area contributed by atoms with Gasteiger partial charge in [0.15, 0.2) is 9.84 Å². The molecule has 0 aliphatic carbocycles. The number of aliphatic hydroxyl groups is 1. The monoisotopic (exact) mass is 312 g/mol. The predicted octanol–water partition coefficient (Wildman–Crippen LogP) is 3.03. The van der Waals surface area contributed by atoms with E-state index in [0.29, 0.717) is 22.1 Å². The zero-order valence-corrected chi connectivity index (χ0v) is 12.3. The second-order valence-electron chi connectivity index (χ2n) is 4.26. The van der Waals surface area contributed by atoms with Gasteiger partial charge in [0.1, 0.15) is 11.5 Å². The molecular weight excluding hydrogens is 300 g/mol. The van der Waals surface area contributed by atoms with E-state index in [9.17, 15) is 13.5 Å². The summed E-state index contributed by atoms with van der Waals surface area (Å²) >= 11 is 5.89. The van der Waals surface area contributed by atoms with Crippen molar-refractivity contribution in [1.29, 1.82) is 0 Å². The molecule has 6 heteroatoms. The lowest BCUT2D eigenvalue weighted by Crippen LogP contribution is -1.97. The van der Waals surface area contributed by atoms with Crippen LogP contribution in [0.2, 0.25) is 5.02 Å². The highest BCUT2D eigenvalue weighted by Crippen LogP contribution is 2.29. The lowest BCUT2D eigenvalue weighted by atomic mass is 10.2. The number of sulfone groups is 1. The summed E-state index contributed by atoms with van der Waals surface area (Å²) in [5.74, 6) is 0.760. The maximum atomic E-state index is 11.5. The van der Waals surface area contributed by atoms with Crippen LogP contribution < -0.4 is 4.74 Å². The summed E-state index contributed by atoms with van der Waals surface area (Å²) in [5.41, 5.74) is 0.569. The van der Waals surface area contributed by atoms with E-state index in [1.54, 1.807) is 30.3 Å². The molecule has 2 aromatic rings. The van der Waals surface area contributed by atoms with Crippen LogP contribution in [0.15, 0.2) is 47.4 Å². The first-order chi connectivity index (χ1) is 9.40. The molecule has 0 fully saturated rings. The minimum absolute atomic E-state index is 0.169. The van der Waals surface area contributed by atoms with Crippen LogP contribution in [0.3, 0.4) is 0 Å². The van der Waals surface area contributed by atoms with Crippen molar-refractivity contribution in [3.05, 3.63) is 53.1 Å². The normalized spacial score (nSPS) is 11.3. The fourth-order valence-electron chi connectivity index (χ4n) is 1.65. The van der Waals surface area contributed by atoms with Crippen LogP contribution in [0.25, 0.3) is 0 Å². The largest absolute Gasteiger partial charge is 0.457 e. The molecule has 0 amide bonds. The van der Waals surface area contributed by atoms with Crippen LogP contribution >= 0.6 is 11.6 Å². The molecule has 0 atom stereocenters. The van der Waals surface area contributed by atoms with Crippen LogP contribution in [-0.4, -0.2) is 19.8 Å². The predicted molar refractivity (Wildman–Crippen MR) is 77.0 cm³/mol. The van der Waals surface area contributed by atoms with Crippen molar-refractivity contribution in [1.82, 2.24) is 0 Å². The Morgan fingerprint density at radius 1 is 1.20 bits per heavy atom. The third kappa shape index (κ3) is 3.50. The molecular formula is C14H13ClO4S. The first kappa shape index (κ1) is 14.8. The third-order valence-corrected chi connectivity index (χ3v) is 4.01. The Morgan fingerprint density at radius 3 is 2.60 bits per heavy atom. The Labute approximate surface area is 122 Å². The van der Waals surface area contributed by atoms with Crippen molar-refractivity contribution >= 4 is 21.4 Å². The summed E-state index contributed by atoms with van der Waals surface area (Å²) in [6.07, 6.45) is 1.13. The smallest absolute Gasteiger partial charge is 0.175 e. The Morgan fingerprint density at radius 2 is 1.95 bits per heavy atom. The number of aliphatic hydroxyl groups excluding tert-OH is 1. The summed E-state index contributed by atoms with van der Waals surface area (Å²) in [6, 6.07) is 11.0. The minimum atomic E-state index is -3.30. The third-order valence-electron chi connectivity index (χ3n) is 2.66. The van der Waals surface area contributed by atoms with Gasteiger partial charge in [0, 0.05) is 16.8 Å². The first-order valence-electron chi connectivity index (χ1n) is 5.77. The van der Waals surface area contributed by atoms with Crippen molar-refractivity contribution in [3.8, 4) is 11.5 Å². The van der Waals surface area contributed by atoms with Gasteiger partial charge in [0.2, 0.25) is 0 Å². The summed E-state index contributed by atoms with van der Waals surface area (Å²) < 4.78 is 28.6. The van der Waals surface area contributed by atoms with E-state index in [1.165, 1.54) is 12.1 Å². The van der Waals surface area contributed by atoms with Gasteiger partial charge in [-0.1, -0.05) is 23.7 Å². The highest BCUT2D eigenvalue weighted by molar-refractivity contribution is 7.90. The molecule has 2 rings (SSSR count). The first-order valence-corrected chi connectivity index (χ1v) is 8.04. The molecule has 2 aromatic carbocycles. The lowest BCUT2D eigenvalue weighted by Gasteiger charge is -2.11. The van der Waals surface area contributed by atoms with Gasteiger partial charge in [0.05, 0.1) is 11.5 Å². The van der Waals surface area contributed by atoms with Gasteiger partial charge in [-0.25, -0.2) is 8.42 Å². The van der Waals surface area contributed by atoms with E-state index < -0.39 is 9.84 Å². The molecule has 106 valence electrons. The van der Waals surface area contributed by atoms with Crippen LogP contribution in [-0.2, 0) is 16.4 Å². The van der Waals surface area contributed by atoms with Gasteiger partial charge < -0.3 is 9.84 Å². The summed E-state index contributed by atoms with van der Waals surface area (Å²) in [7, 11) is -3.30. The van der Waals surface area contributed by atoms with Crippen LogP contribution in [0.4, 0.5) is 0 Å². The number of hydrogen-bond acceptors (Lipinski definition) is 4. The van der Waals surface area contributed by atoms with Gasteiger partial charge >= 0.3 is 0 Å². The zero-order valence-electron chi connectivity index (χ0n) is 10.7. The topological polar surface area (TPSA) is 63.6 Å². The average molecular weight is 313 g/mol. The van der Waals surface area contributed by atoms with Crippen LogP contribution in [0.1, 0.15) is 5.56 Å². The van der Waals surface area contributed by atoms with Gasteiger partial charge in [-0.05, 0) is 30.3 Å². The molecule has 0 saturated carbocycles. The van der Waals surface area contributed by atoms with Gasteiger partial charge in [0.25, 0.3) is 0 Å². The van der Waals surface area contributed by atoms with Gasteiger partial charge in [-0.3, -0.25) is 0 Å². The Bertz CT molecular complexity index is 726. The maximum Gasteiger partial charge on any atom is 0.175 e. The van der Waals surface area contributed by atoms with Crippen molar-refractivity contribution < 1.29 is 18.3 Å². The number of benzene rings is 2. The average Bonchev–Trinajstić information content (AvgIpc) is 2.38. The molecule has 0 aliphatic heterocycles. The quantitative estimate of drug-likeness (QED) is 0.942. The molecule has 20 heavy (non-hydrogen) atoms. The second kappa shape index (κ2) is 5.83. The molecule has 0 heterocycles. The number of rotatable bonds is 4. The molecule has 0 radical (unpaired) electrons. The molecule has 0 spiro atoms. The minimum Gasteiger partial charge on any atom is -0.457 e. The van der Waals surface area contributed by atoms with E-state index in [0.717, 1.165) is 6.26 Å². The highest BCUT2D eigenvalue weighted by Gasteiger charge is 2.10. The van der Waals surface area contributed by atoms with E-state index in [1.807, 2.05) is 0 Å². The van der Waals surface area contributed by atoms with Crippen molar-refractivity contribution in [3.63, 3.8) is 0 Å². The van der Waals surface area contributed by atoms with Crippen molar-refractivity contribution in [2.75, 3.05) is 6.26 Å². The van der Waals surface area contributed by atoms with Crippen LogP contribution in [0, 0.1) is 0 Å². The molecule has 1 N–H and O–H groups in total. The van der Waals surface area contributed by atoms with Gasteiger partial charge in [-0.2, -0.15) is 0 Å². The zero-order chi connectivity index (χ0) is 14.8.